The number of halogens is 1. The zero-order valence-electron chi connectivity index (χ0n) is 26.4. The topological polar surface area (TPSA) is 124 Å². The molecule has 0 aliphatic carbocycles. The maximum Gasteiger partial charge on any atom is 0.405 e. The van der Waals surface area contributed by atoms with Gasteiger partial charge in [-0.25, -0.2) is 14.2 Å². The molecule has 1 unspecified atom stereocenters. The average Bonchev–Trinajstić information content (AvgIpc) is 3.34. The highest BCUT2D eigenvalue weighted by Gasteiger charge is 2.50. The van der Waals surface area contributed by atoms with Gasteiger partial charge in [0.15, 0.2) is 5.82 Å². The number of amides is 2. The minimum absolute atomic E-state index is 0.0617. The van der Waals surface area contributed by atoms with Crippen molar-refractivity contribution in [2.45, 2.75) is 85.4 Å². The van der Waals surface area contributed by atoms with Gasteiger partial charge in [0, 0.05) is 55.8 Å². The van der Waals surface area contributed by atoms with Gasteiger partial charge in [-0.15, -0.1) is 10.2 Å². The van der Waals surface area contributed by atoms with Gasteiger partial charge in [-0.1, -0.05) is 13.8 Å². The first-order valence-electron chi connectivity index (χ1n) is 15.2. The molecule has 0 saturated carbocycles. The van der Waals surface area contributed by atoms with Crippen molar-refractivity contribution >= 4 is 17.8 Å². The highest BCUT2D eigenvalue weighted by molar-refractivity contribution is 5.97. The second kappa shape index (κ2) is 13.0. The van der Waals surface area contributed by atoms with E-state index in [1.54, 1.807) is 4.90 Å². The van der Waals surface area contributed by atoms with Crippen LogP contribution < -0.4 is 15.0 Å². The lowest BCUT2D eigenvalue weighted by Gasteiger charge is -2.53. The third-order valence-corrected chi connectivity index (χ3v) is 8.74. The van der Waals surface area contributed by atoms with Crippen molar-refractivity contribution < 1.29 is 23.8 Å². The fraction of sp³-hybridized carbons (Fsp3) is 0.645. The molecule has 2 aliphatic rings. The summed E-state index contributed by atoms with van der Waals surface area (Å²) in [5, 5.41) is 20.0. The van der Waals surface area contributed by atoms with E-state index < -0.39 is 17.4 Å². The summed E-state index contributed by atoms with van der Waals surface area (Å²) in [5.41, 5.74) is -0.248. The second-order valence-electron chi connectivity index (χ2n) is 13.3. The highest BCUT2D eigenvalue weighted by Crippen LogP contribution is 2.45. The lowest BCUT2D eigenvalue weighted by molar-refractivity contribution is -0.0355. The normalized spacial score (nSPS) is 17.3. The van der Waals surface area contributed by atoms with Crippen LogP contribution in [0.2, 0.25) is 0 Å². The molecule has 11 nitrogen and oxygen atoms in total. The monoisotopic (exact) mass is 599 g/mol. The van der Waals surface area contributed by atoms with Crippen molar-refractivity contribution in [2.75, 3.05) is 37.6 Å². The van der Waals surface area contributed by atoms with E-state index in [1.807, 2.05) is 34.6 Å². The van der Waals surface area contributed by atoms with Crippen LogP contribution in [0.3, 0.4) is 0 Å². The molecule has 1 aromatic heterocycles. The van der Waals surface area contributed by atoms with Crippen LogP contribution >= 0.6 is 0 Å². The predicted molar refractivity (Wildman–Crippen MR) is 162 cm³/mol. The van der Waals surface area contributed by atoms with Crippen LogP contribution in [0.1, 0.15) is 78.1 Å². The number of carboxylic acid groups (broad SMARTS) is 1. The average molecular weight is 600 g/mol. The van der Waals surface area contributed by atoms with Gasteiger partial charge in [-0.2, -0.15) is 0 Å². The van der Waals surface area contributed by atoms with E-state index in [-0.39, 0.29) is 34.6 Å². The Morgan fingerprint density at radius 2 is 1.93 bits per heavy atom. The number of nitrogens with one attached hydrogen (secondary N) is 1. The molecule has 236 valence electrons. The molecule has 2 fully saturated rings. The number of aromatic nitrogens is 3. The third-order valence-electron chi connectivity index (χ3n) is 8.74. The van der Waals surface area contributed by atoms with Crippen molar-refractivity contribution in [2.24, 2.45) is 11.3 Å². The fourth-order valence-corrected chi connectivity index (χ4v) is 6.52. The van der Waals surface area contributed by atoms with E-state index in [2.05, 4.69) is 44.1 Å². The summed E-state index contributed by atoms with van der Waals surface area (Å²) >= 11 is 0. The Morgan fingerprint density at radius 3 is 2.56 bits per heavy atom. The molecule has 4 rings (SSSR count). The van der Waals surface area contributed by atoms with Crippen LogP contribution in [-0.4, -0.2) is 92.4 Å². The Bertz CT molecular complexity index is 1300. The minimum atomic E-state index is -0.997. The number of carbonyl (C=O) groups is 2. The Hall–Kier alpha value is -3.54. The standard InChI is InChI=1S/C31H46FN7O4/c1-8-39(21(4)5)28(40)23-15-22(32)9-10-25(23)43-27-26(33-19-34-36-27)37-14-13-31(16-37)17-38(18-31)24(20(2)3)11-12-30(6,7)35-29(41)42/h9-10,15,19-21,24,35H,8,11-14,16-18H2,1-7H3,(H,41,42). The molecule has 0 bridgehead atoms. The lowest BCUT2D eigenvalue weighted by atomic mass is 9.76. The van der Waals surface area contributed by atoms with Gasteiger partial charge in [-0.3, -0.25) is 9.69 Å². The molecule has 2 N–H and O–H groups in total. The minimum Gasteiger partial charge on any atom is -0.465 e. The molecule has 1 aromatic carbocycles. The smallest absolute Gasteiger partial charge is 0.405 e. The maximum atomic E-state index is 14.3. The lowest BCUT2D eigenvalue weighted by Crippen LogP contribution is -2.62. The molecule has 1 spiro atoms. The maximum absolute atomic E-state index is 14.3. The number of rotatable bonds is 12. The first-order chi connectivity index (χ1) is 20.2. The van der Waals surface area contributed by atoms with Crippen LogP contribution in [0.15, 0.2) is 24.5 Å². The Balaban J connectivity index is 1.46. The molecule has 2 aromatic rings. The zero-order chi connectivity index (χ0) is 31.5. The summed E-state index contributed by atoms with van der Waals surface area (Å²) in [6, 6.07) is 4.21. The second-order valence-corrected chi connectivity index (χ2v) is 13.3. The van der Waals surface area contributed by atoms with Crippen LogP contribution in [0.25, 0.3) is 0 Å². The van der Waals surface area contributed by atoms with Crippen molar-refractivity contribution in [3.8, 4) is 11.6 Å². The third kappa shape index (κ3) is 7.52. The van der Waals surface area contributed by atoms with Gasteiger partial charge in [0.1, 0.15) is 17.9 Å². The zero-order valence-corrected chi connectivity index (χ0v) is 26.4. The van der Waals surface area contributed by atoms with E-state index in [0.29, 0.717) is 24.3 Å². The number of nitrogens with zero attached hydrogens (tertiary/aromatic N) is 6. The molecule has 2 amide bonds. The number of carbonyl (C=O) groups excluding carboxylic acids is 1. The summed E-state index contributed by atoms with van der Waals surface area (Å²) in [6.45, 7) is 17.9. The molecule has 1 atom stereocenters. The quantitative estimate of drug-likeness (QED) is 0.345. The first-order valence-corrected chi connectivity index (χ1v) is 15.2. The number of hydrogen-bond donors (Lipinski definition) is 2. The van der Waals surface area contributed by atoms with Crippen LogP contribution in [0.5, 0.6) is 11.6 Å². The van der Waals surface area contributed by atoms with E-state index in [1.165, 1.54) is 24.5 Å². The number of likely N-dealkylation sites (tertiary alicyclic amines) is 1. The van der Waals surface area contributed by atoms with E-state index in [9.17, 15) is 19.1 Å². The number of benzene rings is 1. The predicted octanol–water partition coefficient (Wildman–Crippen LogP) is 5.04. The molecule has 43 heavy (non-hydrogen) atoms. The van der Waals surface area contributed by atoms with Crippen LogP contribution in [0.4, 0.5) is 15.0 Å². The Kier molecular flexibility index (Phi) is 9.78. The summed E-state index contributed by atoms with van der Waals surface area (Å²) < 4.78 is 20.4. The number of anilines is 1. The number of hydrogen-bond acceptors (Lipinski definition) is 8. The van der Waals surface area contributed by atoms with E-state index >= 15 is 0 Å². The summed E-state index contributed by atoms with van der Waals surface area (Å²) in [7, 11) is 0. The van der Waals surface area contributed by atoms with Crippen LogP contribution in [-0.2, 0) is 0 Å². The van der Waals surface area contributed by atoms with E-state index in [0.717, 1.165) is 45.4 Å². The largest absolute Gasteiger partial charge is 0.465 e. The number of ether oxygens (including phenoxy) is 1. The van der Waals surface area contributed by atoms with Gasteiger partial charge in [-0.05, 0) is 78.0 Å². The van der Waals surface area contributed by atoms with Crippen molar-refractivity contribution in [3.05, 3.63) is 35.9 Å². The molecule has 0 radical (unpaired) electrons. The molecule has 2 aliphatic heterocycles. The highest BCUT2D eigenvalue weighted by atomic mass is 19.1. The van der Waals surface area contributed by atoms with Gasteiger partial charge in [0.05, 0.1) is 5.56 Å². The molecule has 2 saturated heterocycles. The Morgan fingerprint density at radius 1 is 1.21 bits per heavy atom. The SMILES string of the molecule is CCN(C(=O)c1cc(F)ccc1Oc1nncnc1N1CCC2(C1)CN(C(CCC(C)(C)NC(=O)O)C(C)C)C2)C(C)C. The van der Waals surface area contributed by atoms with Crippen LogP contribution in [0, 0.1) is 17.2 Å². The summed E-state index contributed by atoms with van der Waals surface area (Å²) in [6.07, 6.45) is 3.04. The fourth-order valence-electron chi connectivity index (χ4n) is 6.52. The summed E-state index contributed by atoms with van der Waals surface area (Å²) in [5.74, 6) is 0.530. The van der Waals surface area contributed by atoms with Gasteiger partial charge < -0.3 is 25.0 Å². The van der Waals surface area contributed by atoms with Crippen molar-refractivity contribution in [1.29, 1.82) is 0 Å². The van der Waals surface area contributed by atoms with Crippen molar-refractivity contribution in [3.63, 3.8) is 0 Å². The molecular weight excluding hydrogens is 553 g/mol. The van der Waals surface area contributed by atoms with Crippen molar-refractivity contribution in [1.82, 2.24) is 30.3 Å². The molecule has 12 heteroatoms. The molecule has 3 heterocycles. The van der Waals surface area contributed by atoms with Gasteiger partial charge in [0.25, 0.3) is 11.8 Å². The molecular formula is C31H46FN7O4. The Labute approximate surface area is 253 Å². The van der Waals surface area contributed by atoms with E-state index in [4.69, 9.17) is 4.74 Å². The summed E-state index contributed by atoms with van der Waals surface area (Å²) in [4.78, 5) is 35.3. The first kappa shape index (κ1) is 32.4. The van der Waals surface area contributed by atoms with Gasteiger partial charge >= 0.3 is 6.09 Å². The van der Waals surface area contributed by atoms with Gasteiger partial charge in [0.2, 0.25) is 0 Å².